The Morgan fingerprint density at radius 2 is 2.05 bits per heavy atom. The summed E-state index contributed by atoms with van der Waals surface area (Å²) >= 11 is 0. The molecule has 2 aromatic heterocycles. The van der Waals surface area contributed by atoms with Gasteiger partial charge in [0.15, 0.2) is 11.6 Å². The first-order chi connectivity index (χ1) is 18.9. The summed E-state index contributed by atoms with van der Waals surface area (Å²) in [7, 11) is 2.94. The summed E-state index contributed by atoms with van der Waals surface area (Å²) in [5.74, 6) is -1.38. The van der Waals surface area contributed by atoms with E-state index >= 15 is 0 Å². The Hall–Kier alpha value is -4.61. The Balaban J connectivity index is 1.67. The molecule has 1 atom stereocenters. The molecule has 4 heterocycles. The SMILES string of the molecule is COc1c(F)cccc1Nc1c2[nH]c3c1C(=O)NCC3CC(=O)N(C)CC(=O)NCCCOc1cnccc1-2. The number of anilines is 2. The minimum atomic E-state index is -0.564. The summed E-state index contributed by atoms with van der Waals surface area (Å²) in [4.78, 5) is 47.6. The van der Waals surface area contributed by atoms with E-state index in [0.29, 0.717) is 52.6 Å². The van der Waals surface area contributed by atoms with Crippen molar-refractivity contribution in [3.63, 3.8) is 0 Å². The largest absolute Gasteiger partial charge is 0.492 e. The molecule has 0 saturated carbocycles. The van der Waals surface area contributed by atoms with Crippen molar-refractivity contribution in [1.82, 2.24) is 25.5 Å². The van der Waals surface area contributed by atoms with Crippen LogP contribution in [0.2, 0.25) is 0 Å². The molecule has 0 saturated heterocycles. The van der Waals surface area contributed by atoms with Crippen molar-refractivity contribution < 1.29 is 28.2 Å². The summed E-state index contributed by atoms with van der Waals surface area (Å²) < 4.78 is 25.9. The van der Waals surface area contributed by atoms with Gasteiger partial charge >= 0.3 is 0 Å². The molecule has 5 rings (SSSR count). The first-order valence-corrected chi connectivity index (χ1v) is 12.6. The van der Waals surface area contributed by atoms with E-state index in [1.54, 1.807) is 31.6 Å². The fourth-order valence-electron chi connectivity index (χ4n) is 4.83. The molecule has 2 aliphatic rings. The van der Waals surface area contributed by atoms with Crippen LogP contribution in [0.15, 0.2) is 36.7 Å². The third kappa shape index (κ3) is 5.22. The molecule has 2 bridgehead atoms. The van der Waals surface area contributed by atoms with Crippen molar-refractivity contribution in [1.29, 1.82) is 0 Å². The number of likely N-dealkylation sites (N-methyl/N-ethyl adjacent to an activating group) is 1. The first-order valence-electron chi connectivity index (χ1n) is 12.6. The average Bonchev–Trinajstić information content (AvgIpc) is 3.30. The van der Waals surface area contributed by atoms with E-state index in [1.165, 1.54) is 24.1 Å². The van der Waals surface area contributed by atoms with Crippen LogP contribution < -0.4 is 25.4 Å². The highest BCUT2D eigenvalue weighted by atomic mass is 19.1. The Morgan fingerprint density at radius 3 is 2.87 bits per heavy atom. The number of nitrogens with zero attached hydrogens (tertiary/aromatic N) is 2. The zero-order valence-corrected chi connectivity index (χ0v) is 21.6. The molecule has 0 radical (unpaired) electrons. The van der Waals surface area contributed by atoms with Crippen molar-refractivity contribution in [2.24, 2.45) is 0 Å². The van der Waals surface area contributed by atoms with Crippen LogP contribution >= 0.6 is 0 Å². The van der Waals surface area contributed by atoms with Crippen molar-refractivity contribution in [2.75, 3.05) is 45.7 Å². The summed E-state index contributed by atoms with van der Waals surface area (Å²) in [5.41, 5.74) is 2.68. The third-order valence-electron chi connectivity index (χ3n) is 6.79. The number of pyridine rings is 1. The number of fused-ring (bicyclic) bond motifs is 3. The maximum atomic E-state index is 14.6. The standard InChI is InChI=1S/C27H29FN6O5/c1-34-14-20(35)30-8-4-10-39-19-13-29-9-7-16(19)24-25(32-18-6-3-5-17(28)26(18)38-2)22-23(33-24)15(11-21(34)36)12-31-27(22)37/h3,5-7,9,13,15,32-33H,4,8,10-12,14H2,1-2H3,(H,30,35)(H,31,37). The van der Waals surface area contributed by atoms with Gasteiger partial charge in [-0.2, -0.15) is 0 Å². The van der Waals surface area contributed by atoms with Gasteiger partial charge in [0.1, 0.15) is 5.75 Å². The minimum absolute atomic E-state index is 0.00951. The number of H-pyrrole nitrogens is 1. The van der Waals surface area contributed by atoms with Gasteiger partial charge in [0, 0.05) is 49.9 Å². The zero-order valence-electron chi connectivity index (χ0n) is 21.6. The van der Waals surface area contributed by atoms with Crippen LogP contribution in [0.25, 0.3) is 11.3 Å². The smallest absolute Gasteiger partial charge is 0.255 e. The number of rotatable bonds is 3. The maximum Gasteiger partial charge on any atom is 0.255 e. The third-order valence-corrected chi connectivity index (χ3v) is 6.79. The summed E-state index contributed by atoms with van der Waals surface area (Å²) in [6.45, 7) is 0.804. The number of aromatic nitrogens is 2. The molecule has 39 heavy (non-hydrogen) atoms. The Labute approximate surface area is 224 Å². The molecule has 1 unspecified atom stereocenters. The minimum Gasteiger partial charge on any atom is -0.492 e. The summed E-state index contributed by atoms with van der Waals surface area (Å²) in [6.07, 6.45) is 3.75. The topological polar surface area (TPSA) is 138 Å². The number of carbonyl (C=O) groups is 3. The number of methoxy groups -OCH3 is 1. The number of carbonyl (C=O) groups excluding carboxylic acids is 3. The van der Waals surface area contributed by atoms with Gasteiger partial charge in [-0.05, 0) is 24.6 Å². The number of hydrogen-bond acceptors (Lipinski definition) is 7. The molecule has 204 valence electrons. The van der Waals surface area contributed by atoms with Gasteiger partial charge in [0.2, 0.25) is 11.8 Å². The molecule has 1 aromatic carbocycles. The van der Waals surface area contributed by atoms with E-state index in [1.807, 2.05) is 0 Å². The van der Waals surface area contributed by atoms with Crippen LogP contribution in [-0.4, -0.2) is 73.0 Å². The van der Waals surface area contributed by atoms with Gasteiger partial charge < -0.3 is 35.3 Å². The second-order valence-corrected chi connectivity index (χ2v) is 9.39. The van der Waals surface area contributed by atoms with Crippen LogP contribution in [0.5, 0.6) is 11.5 Å². The summed E-state index contributed by atoms with van der Waals surface area (Å²) in [5, 5.41) is 8.87. The molecule has 12 heteroatoms. The van der Waals surface area contributed by atoms with Crippen LogP contribution in [0.4, 0.5) is 15.8 Å². The molecule has 3 aromatic rings. The van der Waals surface area contributed by atoms with Crippen molar-refractivity contribution in [3.8, 4) is 22.8 Å². The maximum absolute atomic E-state index is 14.6. The number of nitrogens with one attached hydrogen (secondary N) is 4. The Morgan fingerprint density at radius 1 is 1.21 bits per heavy atom. The number of halogens is 1. The van der Waals surface area contributed by atoms with Gasteiger partial charge in [-0.25, -0.2) is 4.39 Å². The number of benzene rings is 1. The van der Waals surface area contributed by atoms with Crippen LogP contribution in [-0.2, 0) is 9.59 Å². The average molecular weight is 537 g/mol. The van der Waals surface area contributed by atoms with Gasteiger partial charge in [-0.15, -0.1) is 0 Å². The second-order valence-electron chi connectivity index (χ2n) is 9.39. The number of aromatic amines is 1. The lowest BCUT2D eigenvalue weighted by Crippen LogP contribution is -2.41. The van der Waals surface area contributed by atoms with E-state index in [2.05, 4.69) is 25.9 Å². The number of hydrogen-bond donors (Lipinski definition) is 4. The van der Waals surface area contributed by atoms with Crippen LogP contribution in [0.3, 0.4) is 0 Å². The highest BCUT2D eigenvalue weighted by molar-refractivity contribution is 6.07. The molecular weight excluding hydrogens is 507 g/mol. The monoisotopic (exact) mass is 536 g/mol. The predicted octanol–water partition coefficient (Wildman–Crippen LogP) is 2.54. The highest BCUT2D eigenvalue weighted by Gasteiger charge is 2.35. The van der Waals surface area contributed by atoms with E-state index in [0.717, 1.165) is 0 Å². The molecule has 4 N–H and O–H groups in total. The molecule has 0 fully saturated rings. The Bertz CT molecular complexity index is 1420. The van der Waals surface area contributed by atoms with E-state index in [9.17, 15) is 18.8 Å². The fourth-order valence-corrected chi connectivity index (χ4v) is 4.83. The van der Waals surface area contributed by atoms with Gasteiger partial charge in [-0.3, -0.25) is 19.4 Å². The number of ether oxygens (including phenoxy) is 2. The highest BCUT2D eigenvalue weighted by Crippen LogP contribution is 2.44. The van der Waals surface area contributed by atoms with Gasteiger partial charge in [-0.1, -0.05) is 6.07 Å². The molecular formula is C27H29FN6O5. The first kappa shape index (κ1) is 26.0. The number of amides is 3. The molecule has 3 amide bonds. The fraction of sp³-hybridized carbons (Fsp3) is 0.333. The molecule has 11 nitrogen and oxygen atoms in total. The van der Waals surface area contributed by atoms with E-state index in [4.69, 9.17) is 9.47 Å². The quantitative estimate of drug-likeness (QED) is 0.404. The number of para-hydroxylation sites is 1. The zero-order chi connectivity index (χ0) is 27.5. The second kappa shape index (κ2) is 11.0. The predicted molar refractivity (Wildman–Crippen MR) is 141 cm³/mol. The van der Waals surface area contributed by atoms with Crippen molar-refractivity contribution >= 4 is 29.1 Å². The van der Waals surface area contributed by atoms with Crippen LogP contribution in [0, 0.1) is 5.82 Å². The lowest BCUT2D eigenvalue weighted by Gasteiger charge is -2.25. The molecule has 0 spiro atoms. The van der Waals surface area contributed by atoms with E-state index in [-0.39, 0.29) is 49.6 Å². The normalized spacial score (nSPS) is 18.0. The van der Waals surface area contributed by atoms with Crippen molar-refractivity contribution in [3.05, 3.63) is 53.7 Å². The lowest BCUT2D eigenvalue weighted by atomic mass is 9.93. The van der Waals surface area contributed by atoms with Gasteiger partial charge in [0.25, 0.3) is 5.91 Å². The lowest BCUT2D eigenvalue weighted by molar-refractivity contribution is -0.135. The molecule has 2 aliphatic heterocycles. The summed E-state index contributed by atoms with van der Waals surface area (Å²) in [6, 6.07) is 6.21. The van der Waals surface area contributed by atoms with E-state index < -0.39 is 11.7 Å². The van der Waals surface area contributed by atoms with Crippen LogP contribution in [0.1, 0.15) is 34.8 Å². The van der Waals surface area contributed by atoms with Crippen molar-refractivity contribution in [2.45, 2.75) is 18.8 Å². The van der Waals surface area contributed by atoms with Gasteiger partial charge in [0.05, 0.1) is 49.1 Å². The Kier molecular flexibility index (Phi) is 7.35. The molecule has 0 aliphatic carbocycles.